The molecule has 0 aromatic heterocycles. The molecule has 1 N–H and O–H groups in total. The number of hydrogen-bond donors (Lipinski definition) is 1. The molecule has 35 heavy (non-hydrogen) atoms. The highest BCUT2D eigenvalue weighted by Gasteiger charge is 2.36. The van der Waals surface area contributed by atoms with Crippen LogP contribution in [0.15, 0.2) is 71.6 Å². The molecule has 0 unspecified atom stereocenters. The van der Waals surface area contributed by atoms with Crippen molar-refractivity contribution in [2.75, 3.05) is 11.9 Å². The summed E-state index contributed by atoms with van der Waals surface area (Å²) >= 11 is 12.6. The van der Waals surface area contributed by atoms with Crippen LogP contribution in [-0.4, -0.2) is 28.5 Å². The van der Waals surface area contributed by atoms with Crippen molar-refractivity contribution in [1.82, 2.24) is 4.90 Å². The van der Waals surface area contributed by atoms with Crippen LogP contribution >= 0.6 is 35.0 Å². The summed E-state index contributed by atoms with van der Waals surface area (Å²) in [6.45, 7) is -0.171. The van der Waals surface area contributed by atoms with Gasteiger partial charge in [0.25, 0.3) is 11.1 Å². The molecule has 3 aromatic carbocycles. The average Bonchev–Trinajstić information content (AvgIpc) is 3.09. The molecular weight excluding hydrogens is 514 g/mol. The van der Waals surface area contributed by atoms with E-state index in [4.69, 9.17) is 27.9 Å². The van der Waals surface area contributed by atoms with Crippen molar-refractivity contribution < 1.29 is 23.5 Å². The van der Waals surface area contributed by atoms with E-state index in [-0.39, 0.29) is 15.6 Å². The van der Waals surface area contributed by atoms with Gasteiger partial charge in [-0.1, -0.05) is 53.5 Å². The quantitative estimate of drug-likeness (QED) is 0.358. The van der Waals surface area contributed by atoms with E-state index >= 15 is 0 Å². The van der Waals surface area contributed by atoms with E-state index in [1.54, 1.807) is 36.4 Å². The molecule has 0 spiro atoms. The molecule has 3 aromatic rings. The topological polar surface area (TPSA) is 75.7 Å². The van der Waals surface area contributed by atoms with Crippen molar-refractivity contribution in [2.45, 2.75) is 6.61 Å². The lowest BCUT2D eigenvalue weighted by molar-refractivity contribution is -0.127. The summed E-state index contributed by atoms with van der Waals surface area (Å²) in [5.41, 5.74) is 1.80. The predicted molar refractivity (Wildman–Crippen MR) is 135 cm³/mol. The summed E-state index contributed by atoms with van der Waals surface area (Å²) in [6, 6.07) is 18.1. The van der Waals surface area contributed by atoms with Crippen molar-refractivity contribution in [3.63, 3.8) is 0 Å². The number of anilines is 1. The van der Waals surface area contributed by atoms with E-state index in [2.05, 4.69) is 5.32 Å². The van der Waals surface area contributed by atoms with E-state index in [1.165, 1.54) is 12.1 Å². The van der Waals surface area contributed by atoms with Gasteiger partial charge in [0.15, 0.2) is 0 Å². The number of amides is 3. The number of hydrogen-bond acceptors (Lipinski definition) is 5. The minimum absolute atomic E-state index is 0.155. The number of nitrogens with one attached hydrogen (secondary N) is 1. The molecule has 10 heteroatoms. The zero-order chi connectivity index (χ0) is 24.9. The Morgan fingerprint density at radius 3 is 2.49 bits per heavy atom. The lowest BCUT2D eigenvalue weighted by Gasteiger charge is -2.12. The molecule has 0 bridgehead atoms. The van der Waals surface area contributed by atoms with Crippen molar-refractivity contribution in [3.8, 4) is 5.75 Å². The lowest BCUT2D eigenvalue weighted by Crippen LogP contribution is -2.36. The lowest BCUT2D eigenvalue weighted by atomic mass is 10.2. The third-order valence-electron chi connectivity index (χ3n) is 4.91. The summed E-state index contributed by atoms with van der Waals surface area (Å²) < 4.78 is 19.0. The molecule has 0 atom stereocenters. The van der Waals surface area contributed by atoms with Gasteiger partial charge in [-0.25, -0.2) is 4.39 Å². The van der Waals surface area contributed by atoms with Crippen LogP contribution in [0, 0.1) is 5.82 Å². The zero-order valence-electron chi connectivity index (χ0n) is 18.0. The molecule has 178 valence electrons. The Morgan fingerprint density at radius 1 is 1.03 bits per heavy atom. The highest BCUT2D eigenvalue weighted by atomic mass is 35.5. The van der Waals surface area contributed by atoms with E-state index in [0.29, 0.717) is 22.9 Å². The number of thioether (sulfide) groups is 1. The summed E-state index contributed by atoms with van der Waals surface area (Å²) in [5.74, 6) is -1.20. The Balaban J connectivity index is 1.36. The van der Waals surface area contributed by atoms with E-state index in [0.717, 1.165) is 28.3 Å². The second kappa shape index (κ2) is 10.9. The van der Waals surface area contributed by atoms with E-state index in [9.17, 15) is 18.8 Å². The van der Waals surface area contributed by atoms with Crippen molar-refractivity contribution in [3.05, 3.63) is 98.6 Å². The van der Waals surface area contributed by atoms with Gasteiger partial charge in [0.2, 0.25) is 5.91 Å². The maximum Gasteiger partial charge on any atom is 0.294 e. The molecule has 6 nitrogen and oxygen atoms in total. The van der Waals surface area contributed by atoms with Crippen LogP contribution in [0.3, 0.4) is 0 Å². The summed E-state index contributed by atoms with van der Waals surface area (Å²) in [4.78, 5) is 38.3. The van der Waals surface area contributed by atoms with Crippen LogP contribution in [0.25, 0.3) is 6.08 Å². The minimum atomic E-state index is -0.624. The number of imide groups is 1. The van der Waals surface area contributed by atoms with Gasteiger partial charge >= 0.3 is 0 Å². The second-order valence-electron chi connectivity index (χ2n) is 7.39. The number of benzene rings is 3. The van der Waals surface area contributed by atoms with Gasteiger partial charge < -0.3 is 10.1 Å². The molecule has 3 amide bonds. The SMILES string of the molecule is O=C(CN1C(=O)S/C(=C/c2ccc(OCc3ccccc3Cl)cc2)C1=O)Nc1ccc(F)c(Cl)c1. The van der Waals surface area contributed by atoms with Crippen LogP contribution in [0.4, 0.5) is 14.9 Å². The summed E-state index contributed by atoms with van der Waals surface area (Å²) in [6.07, 6.45) is 1.57. The number of rotatable bonds is 7. The van der Waals surface area contributed by atoms with Crippen LogP contribution in [-0.2, 0) is 16.2 Å². The van der Waals surface area contributed by atoms with Crippen LogP contribution in [0.5, 0.6) is 5.75 Å². The largest absolute Gasteiger partial charge is 0.489 e. The minimum Gasteiger partial charge on any atom is -0.489 e. The van der Waals surface area contributed by atoms with Crippen LogP contribution in [0.1, 0.15) is 11.1 Å². The highest BCUT2D eigenvalue weighted by molar-refractivity contribution is 8.18. The summed E-state index contributed by atoms with van der Waals surface area (Å²) in [7, 11) is 0. The third kappa shape index (κ3) is 6.22. The monoisotopic (exact) mass is 530 g/mol. The molecular formula is C25H17Cl2FN2O4S. The number of nitrogens with zero attached hydrogens (tertiary/aromatic N) is 1. The number of carbonyl (C=O) groups excluding carboxylic acids is 3. The summed E-state index contributed by atoms with van der Waals surface area (Å²) in [5, 5.41) is 2.39. The standard InChI is InChI=1S/C25H17Cl2FN2O4S/c26-19-4-2-1-3-16(19)14-34-18-8-5-15(6-9-18)11-22-24(32)30(25(33)35-22)13-23(31)29-17-7-10-21(28)20(27)12-17/h1-12H,13-14H2,(H,29,31)/b22-11+. The van der Waals surface area contributed by atoms with Gasteiger partial charge in [-0.05, 0) is 59.8 Å². The molecule has 1 heterocycles. The fraction of sp³-hybridized carbons (Fsp3) is 0.0800. The molecule has 1 aliphatic heterocycles. The van der Waals surface area contributed by atoms with Crippen molar-refractivity contribution in [1.29, 1.82) is 0 Å². The second-order valence-corrected chi connectivity index (χ2v) is 9.20. The number of carbonyl (C=O) groups is 3. The van der Waals surface area contributed by atoms with Gasteiger partial charge in [0, 0.05) is 16.3 Å². The third-order valence-corrected chi connectivity index (χ3v) is 6.47. The number of ether oxygens (including phenoxy) is 1. The van der Waals surface area contributed by atoms with E-state index < -0.39 is 29.4 Å². The fourth-order valence-corrected chi connectivity index (χ4v) is 4.35. The molecule has 1 saturated heterocycles. The first-order valence-corrected chi connectivity index (χ1v) is 11.8. The molecule has 1 aliphatic rings. The first-order valence-electron chi connectivity index (χ1n) is 10.3. The molecule has 1 fully saturated rings. The smallest absolute Gasteiger partial charge is 0.294 e. The average molecular weight is 531 g/mol. The fourth-order valence-electron chi connectivity index (χ4n) is 3.14. The maximum absolute atomic E-state index is 13.3. The van der Waals surface area contributed by atoms with Crippen molar-refractivity contribution in [2.24, 2.45) is 0 Å². The van der Waals surface area contributed by atoms with Crippen molar-refractivity contribution >= 4 is 63.8 Å². The van der Waals surface area contributed by atoms with Gasteiger partial charge in [-0.15, -0.1) is 0 Å². The van der Waals surface area contributed by atoms with Crippen LogP contribution in [0.2, 0.25) is 10.0 Å². The van der Waals surface area contributed by atoms with Gasteiger partial charge in [0.1, 0.15) is 24.7 Å². The number of halogens is 3. The van der Waals surface area contributed by atoms with E-state index in [1.807, 2.05) is 18.2 Å². The maximum atomic E-state index is 13.3. The predicted octanol–water partition coefficient (Wildman–Crippen LogP) is 6.39. The first kappa shape index (κ1) is 24.8. The van der Waals surface area contributed by atoms with Crippen LogP contribution < -0.4 is 10.1 Å². The van der Waals surface area contributed by atoms with Gasteiger partial charge in [-0.2, -0.15) is 0 Å². The molecule has 0 aliphatic carbocycles. The van der Waals surface area contributed by atoms with Gasteiger partial charge in [-0.3, -0.25) is 19.3 Å². The Labute approximate surface area is 214 Å². The Kier molecular flexibility index (Phi) is 7.75. The highest BCUT2D eigenvalue weighted by Crippen LogP contribution is 2.32. The Hall–Kier alpha value is -3.33. The van der Waals surface area contributed by atoms with Gasteiger partial charge in [0.05, 0.1) is 9.93 Å². The Bertz CT molecular complexity index is 1330. The Morgan fingerprint density at radius 2 is 1.77 bits per heavy atom. The first-order chi connectivity index (χ1) is 16.8. The normalized spacial score (nSPS) is 14.5. The molecule has 0 radical (unpaired) electrons. The molecule has 4 rings (SSSR count). The zero-order valence-corrected chi connectivity index (χ0v) is 20.3. The molecule has 0 saturated carbocycles.